The number of carbonyl (C=O) groups is 1. The number of rotatable bonds is 6. The van der Waals surface area contributed by atoms with Gasteiger partial charge in [0.15, 0.2) is 26.3 Å². The standard InChI is InChI=1S/C22H34O6Si/c1-21(2,3)29(6,7)28-19-18(24-13-15-11-9-8-10-12-15)17(26-20(19)23)16-14-25-22(4,5)27-16/h8-12,16-19H,13-14H2,1-7H3/t16?,17-,18-,19+/m0/s1. The molecule has 6 nitrogen and oxygen atoms in total. The topological polar surface area (TPSA) is 63.2 Å². The second-order valence-corrected chi connectivity index (χ2v) is 14.6. The molecule has 2 aliphatic heterocycles. The van der Waals surface area contributed by atoms with Crippen LogP contribution in [0.5, 0.6) is 0 Å². The molecule has 29 heavy (non-hydrogen) atoms. The highest BCUT2D eigenvalue weighted by molar-refractivity contribution is 6.74. The Hall–Kier alpha value is -1.25. The number of esters is 1. The Morgan fingerprint density at radius 3 is 2.38 bits per heavy atom. The van der Waals surface area contributed by atoms with Gasteiger partial charge in [-0.25, -0.2) is 4.79 Å². The normalized spacial score (nSPS) is 29.8. The first-order valence-corrected chi connectivity index (χ1v) is 13.2. The molecular formula is C22H34O6Si. The van der Waals surface area contributed by atoms with Gasteiger partial charge in [0, 0.05) is 0 Å². The fourth-order valence-corrected chi connectivity index (χ4v) is 4.52. The minimum atomic E-state index is -2.21. The Kier molecular flexibility index (Phi) is 6.28. The van der Waals surface area contributed by atoms with E-state index in [9.17, 15) is 4.79 Å². The van der Waals surface area contributed by atoms with E-state index in [-0.39, 0.29) is 17.1 Å². The SMILES string of the molecule is CC1(C)OCC([C@@H]2OC(=O)[C@H](O[Si](C)(C)C(C)(C)C)[C@H]2OCc2ccccc2)O1. The molecule has 162 valence electrons. The van der Waals surface area contributed by atoms with Gasteiger partial charge < -0.3 is 23.4 Å². The molecule has 2 heterocycles. The van der Waals surface area contributed by atoms with Crippen LogP contribution < -0.4 is 0 Å². The summed E-state index contributed by atoms with van der Waals surface area (Å²) in [5.74, 6) is -1.09. The van der Waals surface area contributed by atoms with Crippen LogP contribution in [0.25, 0.3) is 0 Å². The minimum absolute atomic E-state index is 0.0374. The average Bonchev–Trinajstić information content (AvgIpc) is 3.12. The first kappa shape index (κ1) is 22.4. The van der Waals surface area contributed by atoms with Crippen LogP contribution in [0, 0.1) is 0 Å². The van der Waals surface area contributed by atoms with Crippen LogP contribution in [0.15, 0.2) is 30.3 Å². The number of hydrogen-bond donors (Lipinski definition) is 0. The Morgan fingerprint density at radius 1 is 1.17 bits per heavy atom. The zero-order valence-electron chi connectivity index (χ0n) is 18.6. The molecule has 7 heteroatoms. The summed E-state index contributed by atoms with van der Waals surface area (Å²) >= 11 is 0. The van der Waals surface area contributed by atoms with E-state index in [0.717, 1.165) is 5.56 Å². The largest absolute Gasteiger partial charge is 0.455 e. The summed E-state index contributed by atoms with van der Waals surface area (Å²) in [4.78, 5) is 12.8. The number of hydrogen-bond acceptors (Lipinski definition) is 6. The maximum Gasteiger partial charge on any atom is 0.337 e. The van der Waals surface area contributed by atoms with E-state index in [1.54, 1.807) is 0 Å². The summed E-state index contributed by atoms with van der Waals surface area (Å²) in [6, 6.07) is 9.88. The zero-order valence-corrected chi connectivity index (χ0v) is 19.6. The fourth-order valence-electron chi connectivity index (χ4n) is 3.30. The van der Waals surface area contributed by atoms with Crippen LogP contribution in [0.2, 0.25) is 18.1 Å². The molecule has 1 unspecified atom stereocenters. The molecule has 0 N–H and O–H groups in total. The van der Waals surface area contributed by atoms with Crippen molar-refractivity contribution in [2.24, 2.45) is 0 Å². The molecular weight excluding hydrogens is 388 g/mol. The minimum Gasteiger partial charge on any atom is -0.455 e. The molecule has 0 spiro atoms. The van der Waals surface area contributed by atoms with Crippen molar-refractivity contribution >= 4 is 14.3 Å². The van der Waals surface area contributed by atoms with Gasteiger partial charge in [-0.1, -0.05) is 51.1 Å². The van der Waals surface area contributed by atoms with Crippen LogP contribution in [0.3, 0.4) is 0 Å². The second kappa shape index (κ2) is 8.11. The average molecular weight is 423 g/mol. The molecule has 2 fully saturated rings. The van der Waals surface area contributed by atoms with Crippen molar-refractivity contribution in [1.82, 2.24) is 0 Å². The van der Waals surface area contributed by atoms with Crippen molar-refractivity contribution in [3.63, 3.8) is 0 Å². The maximum atomic E-state index is 12.8. The highest BCUT2D eigenvalue weighted by atomic mass is 28.4. The van der Waals surface area contributed by atoms with Crippen LogP contribution >= 0.6 is 0 Å². The first-order chi connectivity index (χ1) is 13.4. The molecule has 0 amide bonds. The lowest BCUT2D eigenvalue weighted by molar-refractivity contribution is -0.169. The van der Waals surface area contributed by atoms with Crippen molar-refractivity contribution in [2.45, 2.75) is 89.6 Å². The summed E-state index contributed by atoms with van der Waals surface area (Å²) in [5.41, 5.74) is 1.03. The van der Waals surface area contributed by atoms with E-state index in [0.29, 0.717) is 13.2 Å². The molecule has 4 atom stereocenters. The first-order valence-electron chi connectivity index (χ1n) is 10.3. The second-order valence-electron chi connectivity index (χ2n) is 9.83. The fraction of sp³-hybridized carbons (Fsp3) is 0.682. The highest BCUT2D eigenvalue weighted by Crippen LogP contribution is 2.40. The van der Waals surface area contributed by atoms with Gasteiger partial charge in [-0.05, 0) is 37.5 Å². The quantitative estimate of drug-likeness (QED) is 0.509. The van der Waals surface area contributed by atoms with E-state index < -0.39 is 32.4 Å². The Balaban J connectivity index is 1.82. The van der Waals surface area contributed by atoms with E-state index in [4.69, 9.17) is 23.4 Å². The van der Waals surface area contributed by atoms with E-state index in [2.05, 4.69) is 33.9 Å². The third kappa shape index (κ3) is 5.09. The molecule has 1 aromatic rings. The Labute approximate surface area is 174 Å². The van der Waals surface area contributed by atoms with Gasteiger partial charge in [0.1, 0.15) is 12.2 Å². The van der Waals surface area contributed by atoms with E-state index in [1.807, 2.05) is 44.2 Å². The number of cyclic esters (lactones) is 1. The summed E-state index contributed by atoms with van der Waals surface area (Å²) in [6.45, 7) is 15.1. The molecule has 2 aliphatic rings. The van der Waals surface area contributed by atoms with Gasteiger partial charge >= 0.3 is 5.97 Å². The molecule has 0 saturated carbocycles. The van der Waals surface area contributed by atoms with Gasteiger partial charge in [0.05, 0.1) is 13.2 Å². The molecule has 0 radical (unpaired) electrons. The summed E-state index contributed by atoms with van der Waals surface area (Å²) in [5, 5.41) is -0.0374. The monoisotopic (exact) mass is 422 g/mol. The number of carbonyl (C=O) groups excluding carboxylic acids is 1. The number of ether oxygens (including phenoxy) is 4. The van der Waals surface area contributed by atoms with E-state index in [1.165, 1.54) is 0 Å². The van der Waals surface area contributed by atoms with Crippen molar-refractivity contribution in [3.05, 3.63) is 35.9 Å². The van der Waals surface area contributed by atoms with Crippen molar-refractivity contribution < 1.29 is 28.2 Å². The smallest absolute Gasteiger partial charge is 0.337 e. The van der Waals surface area contributed by atoms with Gasteiger partial charge in [0.2, 0.25) is 0 Å². The van der Waals surface area contributed by atoms with Gasteiger partial charge in [-0.15, -0.1) is 0 Å². The van der Waals surface area contributed by atoms with Gasteiger partial charge in [-0.3, -0.25) is 0 Å². The zero-order chi connectivity index (χ0) is 21.4. The van der Waals surface area contributed by atoms with Gasteiger partial charge in [0.25, 0.3) is 0 Å². The van der Waals surface area contributed by atoms with Crippen LogP contribution in [-0.4, -0.2) is 51.1 Å². The Bertz CT molecular complexity index is 712. The molecule has 1 aromatic carbocycles. The molecule has 0 bridgehead atoms. The molecule has 3 rings (SSSR count). The summed E-state index contributed by atoms with van der Waals surface area (Å²) in [6.07, 6.45) is -2.28. The predicted molar refractivity (Wildman–Crippen MR) is 112 cm³/mol. The predicted octanol–water partition coefficient (Wildman–Crippen LogP) is 4.04. The third-order valence-electron chi connectivity index (χ3n) is 6.02. The number of benzene rings is 1. The third-order valence-corrected chi connectivity index (χ3v) is 10.5. The van der Waals surface area contributed by atoms with Crippen molar-refractivity contribution in [1.29, 1.82) is 0 Å². The molecule has 2 saturated heterocycles. The Morgan fingerprint density at radius 2 is 1.83 bits per heavy atom. The van der Waals surface area contributed by atoms with E-state index >= 15 is 0 Å². The van der Waals surface area contributed by atoms with Crippen LogP contribution in [0.4, 0.5) is 0 Å². The van der Waals surface area contributed by atoms with Crippen molar-refractivity contribution in [3.8, 4) is 0 Å². The van der Waals surface area contributed by atoms with Crippen LogP contribution in [0.1, 0.15) is 40.2 Å². The van der Waals surface area contributed by atoms with Gasteiger partial charge in [-0.2, -0.15) is 0 Å². The lowest BCUT2D eigenvalue weighted by atomic mass is 10.1. The molecule has 0 aromatic heterocycles. The summed E-state index contributed by atoms with van der Waals surface area (Å²) in [7, 11) is -2.21. The highest BCUT2D eigenvalue weighted by Gasteiger charge is 2.55. The lowest BCUT2D eigenvalue weighted by Gasteiger charge is -2.38. The lowest BCUT2D eigenvalue weighted by Crippen LogP contribution is -2.50. The van der Waals surface area contributed by atoms with Crippen LogP contribution in [-0.2, 0) is 34.8 Å². The maximum absolute atomic E-state index is 12.8. The molecule has 0 aliphatic carbocycles. The summed E-state index contributed by atoms with van der Waals surface area (Å²) < 4.78 is 30.1. The van der Waals surface area contributed by atoms with Crippen molar-refractivity contribution in [2.75, 3.05) is 6.61 Å².